The number of hydrogen-bond acceptors (Lipinski definition) is 7. The third-order valence-corrected chi connectivity index (χ3v) is 5.61. The number of esters is 1. The number of nitro benzene ring substituents is 1. The number of non-ortho nitro benzene ring substituents is 1. The molecule has 2 aliphatic heterocycles. The zero-order chi connectivity index (χ0) is 17.4. The van der Waals surface area contributed by atoms with Crippen LogP contribution < -0.4 is 5.73 Å². The number of nitrogens with two attached hydrogens (primary N) is 1. The molecule has 0 bridgehead atoms. The summed E-state index contributed by atoms with van der Waals surface area (Å²) in [6, 6.07) is 5.05. The first-order chi connectivity index (χ1) is 11.4. The Labute approximate surface area is 157 Å². The van der Waals surface area contributed by atoms with Gasteiger partial charge in [-0.05, 0) is 17.7 Å². The van der Waals surface area contributed by atoms with E-state index in [1.807, 2.05) is 0 Å². The first kappa shape index (κ1) is 19.5. The standard InChI is InChI=1S/C14H12ClN3O5S.ClH/c15-9-5-17-12(19)10(16)13(17)24-11(9)14(20)23-6-7-1-3-8(4-2-7)18(21)22;/h1-5,10-11,13H,6,16H2;1H/t10?,11?,13-;/m1./s1. The second-order valence-electron chi connectivity index (χ2n) is 5.22. The number of carbonyl (C=O) groups is 2. The van der Waals surface area contributed by atoms with Gasteiger partial charge in [0.2, 0.25) is 5.91 Å². The molecule has 0 radical (unpaired) electrons. The van der Waals surface area contributed by atoms with Crippen LogP contribution in [0.3, 0.4) is 0 Å². The third-order valence-electron chi connectivity index (χ3n) is 3.65. The Morgan fingerprint density at radius 2 is 2.04 bits per heavy atom. The minimum atomic E-state index is -0.745. The molecule has 11 heteroatoms. The lowest BCUT2D eigenvalue weighted by Gasteiger charge is -2.46. The summed E-state index contributed by atoms with van der Waals surface area (Å²) < 4.78 is 5.21. The summed E-state index contributed by atoms with van der Waals surface area (Å²) >= 11 is 7.22. The van der Waals surface area contributed by atoms with Gasteiger partial charge in [0.05, 0.1) is 9.96 Å². The molecule has 1 fully saturated rings. The van der Waals surface area contributed by atoms with Gasteiger partial charge in [0.15, 0.2) is 0 Å². The smallest absolute Gasteiger partial charge is 0.325 e. The highest BCUT2D eigenvalue weighted by Gasteiger charge is 2.50. The quantitative estimate of drug-likeness (QED) is 0.351. The number of ether oxygens (including phenoxy) is 1. The van der Waals surface area contributed by atoms with E-state index in [1.54, 1.807) is 0 Å². The van der Waals surface area contributed by atoms with Gasteiger partial charge in [-0.2, -0.15) is 0 Å². The maximum atomic E-state index is 12.2. The van der Waals surface area contributed by atoms with E-state index in [0.717, 1.165) is 0 Å². The molecule has 8 nitrogen and oxygen atoms in total. The SMILES string of the molecule is Cl.NC1C(=O)N2C=C(Cl)C(C(=O)OCc3ccc([N+](=O)[O-])cc3)S[C@H]12. The summed E-state index contributed by atoms with van der Waals surface area (Å²) in [5, 5.41) is 9.72. The molecule has 0 aromatic heterocycles. The number of nitro groups is 1. The summed E-state index contributed by atoms with van der Waals surface area (Å²) in [6.45, 7) is -0.0303. The van der Waals surface area contributed by atoms with Crippen LogP contribution in [0.15, 0.2) is 35.5 Å². The van der Waals surface area contributed by atoms with Gasteiger partial charge in [0.25, 0.3) is 5.69 Å². The van der Waals surface area contributed by atoms with E-state index in [9.17, 15) is 19.7 Å². The maximum Gasteiger partial charge on any atom is 0.325 e. The molecule has 2 aliphatic rings. The fraction of sp³-hybridized carbons (Fsp3) is 0.286. The van der Waals surface area contributed by atoms with Crippen molar-refractivity contribution in [3.63, 3.8) is 0 Å². The number of amides is 1. The van der Waals surface area contributed by atoms with Crippen LogP contribution in [0.25, 0.3) is 0 Å². The van der Waals surface area contributed by atoms with Crippen molar-refractivity contribution in [3.8, 4) is 0 Å². The van der Waals surface area contributed by atoms with Crippen molar-refractivity contribution in [2.45, 2.75) is 23.3 Å². The molecule has 1 amide bonds. The van der Waals surface area contributed by atoms with Crippen LogP contribution in [0.1, 0.15) is 5.56 Å². The van der Waals surface area contributed by atoms with E-state index in [-0.39, 0.29) is 41.0 Å². The molecule has 3 rings (SSSR count). The predicted molar refractivity (Wildman–Crippen MR) is 94.1 cm³/mol. The summed E-state index contributed by atoms with van der Waals surface area (Å²) in [5.41, 5.74) is 6.27. The van der Waals surface area contributed by atoms with E-state index in [2.05, 4.69) is 0 Å². The van der Waals surface area contributed by atoms with Crippen LogP contribution in [0, 0.1) is 10.1 Å². The van der Waals surface area contributed by atoms with Crippen LogP contribution in [0.5, 0.6) is 0 Å². The Morgan fingerprint density at radius 1 is 1.40 bits per heavy atom. The van der Waals surface area contributed by atoms with E-state index in [0.29, 0.717) is 5.56 Å². The summed E-state index contributed by atoms with van der Waals surface area (Å²) in [6.07, 6.45) is 1.41. The van der Waals surface area contributed by atoms with Crippen LogP contribution in [0.2, 0.25) is 0 Å². The van der Waals surface area contributed by atoms with Gasteiger partial charge in [0, 0.05) is 18.3 Å². The molecule has 25 heavy (non-hydrogen) atoms. The number of benzene rings is 1. The molecule has 1 aromatic carbocycles. The summed E-state index contributed by atoms with van der Waals surface area (Å²) in [7, 11) is 0. The molecule has 0 saturated carbocycles. The van der Waals surface area contributed by atoms with Crippen LogP contribution in [-0.4, -0.2) is 38.4 Å². The number of rotatable bonds is 4. The van der Waals surface area contributed by atoms with E-state index in [1.165, 1.54) is 47.1 Å². The van der Waals surface area contributed by atoms with Crippen molar-refractivity contribution < 1.29 is 19.2 Å². The zero-order valence-electron chi connectivity index (χ0n) is 12.5. The van der Waals surface area contributed by atoms with Gasteiger partial charge in [-0.15, -0.1) is 24.2 Å². The van der Waals surface area contributed by atoms with Crippen molar-refractivity contribution >= 4 is 53.3 Å². The molecule has 2 unspecified atom stereocenters. The number of carbonyl (C=O) groups excluding carboxylic acids is 2. The van der Waals surface area contributed by atoms with Gasteiger partial charge in [-0.3, -0.25) is 19.7 Å². The Morgan fingerprint density at radius 3 is 2.64 bits per heavy atom. The number of thioether (sulfide) groups is 1. The first-order valence-electron chi connectivity index (χ1n) is 6.89. The number of hydrogen-bond donors (Lipinski definition) is 1. The molecule has 2 N–H and O–H groups in total. The van der Waals surface area contributed by atoms with Crippen molar-refractivity contribution in [2.75, 3.05) is 0 Å². The second-order valence-corrected chi connectivity index (χ2v) is 6.89. The van der Waals surface area contributed by atoms with Gasteiger partial charge in [-0.1, -0.05) is 11.6 Å². The van der Waals surface area contributed by atoms with Gasteiger partial charge < -0.3 is 15.4 Å². The lowest BCUT2D eigenvalue weighted by atomic mass is 10.1. The molecular weight excluding hydrogens is 393 g/mol. The molecule has 1 aromatic rings. The highest BCUT2D eigenvalue weighted by Crippen LogP contribution is 2.41. The number of halogens is 2. The van der Waals surface area contributed by atoms with Gasteiger partial charge >= 0.3 is 5.97 Å². The summed E-state index contributed by atoms with van der Waals surface area (Å²) in [5.74, 6) is -0.783. The highest BCUT2D eigenvalue weighted by molar-refractivity contribution is 8.01. The topological polar surface area (TPSA) is 116 Å². The number of nitrogens with zero attached hydrogens (tertiary/aromatic N) is 2. The molecule has 3 atom stereocenters. The van der Waals surface area contributed by atoms with Gasteiger partial charge in [-0.25, -0.2) is 0 Å². The predicted octanol–water partition coefficient (Wildman–Crippen LogP) is 1.75. The normalized spacial score (nSPS) is 24.4. The van der Waals surface area contributed by atoms with E-state index in [4.69, 9.17) is 22.1 Å². The van der Waals surface area contributed by atoms with E-state index < -0.39 is 22.2 Å². The Balaban J connectivity index is 0.00000225. The molecule has 134 valence electrons. The Bertz CT molecular complexity index is 742. The monoisotopic (exact) mass is 405 g/mol. The van der Waals surface area contributed by atoms with Crippen molar-refractivity contribution in [1.29, 1.82) is 0 Å². The van der Waals surface area contributed by atoms with Crippen molar-refractivity contribution in [3.05, 3.63) is 51.2 Å². The Kier molecular flexibility index (Phi) is 5.94. The highest BCUT2D eigenvalue weighted by atomic mass is 35.5. The number of β-lactam (4-membered cyclic amide) rings is 1. The van der Waals surface area contributed by atoms with Crippen LogP contribution >= 0.6 is 35.8 Å². The molecule has 2 heterocycles. The minimum Gasteiger partial charge on any atom is -0.460 e. The molecule has 0 aliphatic carbocycles. The third kappa shape index (κ3) is 3.74. The Hall–Kier alpha value is -1.81. The second kappa shape index (κ2) is 7.61. The van der Waals surface area contributed by atoms with E-state index >= 15 is 0 Å². The minimum absolute atomic E-state index is 0. The molecule has 0 spiro atoms. The van der Waals surface area contributed by atoms with Crippen molar-refractivity contribution in [1.82, 2.24) is 4.90 Å². The summed E-state index contributed by atoms with van der Waals surface area (Å²) in [4.78, 5) is 35.2. The lowest BCUT2D eigenvalue weighted by molar-refractivity contribution is -0.384. The van der Waals surface area contributed by atoms with Crippen molar-refractivity contribution in [2.24, 2.45) is 5.73 Å². The molecule has 1 saturated heterocycles. The first-order valence-corrected chi connectivity index (χ1v) is 8.21. The average Bonchev–Trinajstić information content (AvgIpc) is 2.59. The van der Waals surface area contributed by atoms with Crippen LogP contribution in [-0.2, 0) is 20.9 Å². The molecular formula is C14H13Cl2N3O5S. The fourth-order valence-electron chi connectivity index (χ4n) is 2.31. The lowest BCUT2D eigenvalue weighted by Crippen LogP contribution is -2.66. The zero-order valence-corrected chi connectivity index (χ0v) is 14.9. The fourth-order valence-corrected chi connectivity index (χ4v) is 3.89. The average molecular weight is 406 g/mol. The van der Waals surface area contributed by atoms with Gasteiger partial charge in [0.1, 0.15) is 23.3 Å². The van der Waals surface area contributed by atoms with Crippen LogP contribution in [0.4, 0.5) is 5.69 Å². The maximum absolute atomic E-state index is 12.2. The number of fused-ring (bicyclic) bond motifs is 1. The largest absolute Gasteiger partial charge is 0.460 e.